The van der Waals surface area contributed by atoms with Crippen LogP contribution >= 0.6 is 0 Å². The van der Waals surface area contributed by atoms with E-state index < -0.39 is 75.5 Å². The Kier molecular flexibility index (Phi) is 17.5. The Morgan fingerprint density at radius 3 is 2.33 bits per heavy atom. The topological polar surface area (TPSA) is 320 Å². The third-order valence-electron chi connectivity index (χ3n) is 12.6. The van der Waals surface area contributed by atoms with Crippen LogP contribution in [0.25, 0.3) is 0 Å². The number of rotatable bonds is 21. The Bertz CT molecular complexity index is 1970. The van der Waals surface area contributed by atoms with Crippen LogP contribution in [0.1, 0.15) is 88.9 Å². The predicted octanol–water partition coefficient (Wildman–Crippen LogP) is 5.09. The number of esters is 1. The van der Waals surface area contributed by atoms with Gasteiger partial charge in [-0.1, -0.05) is 32.4 Å². The maximum atomic E-state index is 13.8. The second-order valence-corrected chi connectivity index (χ2v) is 16.6. The van der Waals surface area contributed by atoms with Crippen molar-refractivity contribution in [2.24, 2.45) is 40.4 Å². The number of hydrogen-bond acceptors (Lipinski definition) is 19. The Labute approximate surface area is 366 Å². The minimum absolute atomic E-state index is 0.00595. The van der Waals surface area contributed by atoms with Crippen molar-refractivity contribution in [2.45, 2.75) is 90.8 Å². The zero-order valence-electron chi connectivity index (χ0n) is 35.8. The van der Waals surface area contributed by atoms with Crippen molar-refractivity contribution in [3.63, 3.8) is 0 Å². The molecular weight excluding hydrogens is 854 g/mol. The number of benzene rings is 1. The van der Waals surface area contributed by atoms with Gasteiger partial charge in [-0.25, -0.2) is 9.59 Å². The zero-order valence-corrected chi connectivity index (χ0v) is 35.8. The van der Waals surface area contributed by atoms with Crippen LogP contribution in [-0.2, 0) is 38.4 Å². The summed E-state index contributed by atoms with van der Waals surface area (Å²) in [5.74, 6) is -2.23. The Morgan fingerprint density at radius 1 is 0.953 bits per heavy atom. The lowest BCUT2D eigenvalue weighted by Gasteiger charge is -2.58. The fourth-order valence-electron chi connectivity index (χ4n) is 10.1. The first-order chi connectivity index (χ1) is 30.2. The first kappa shape index (κ1) is 50.3. The maximum absolute atomic E-state index is 13.8. The molecule has 0 aliphatic heterocycles. The van der Waals surface area contributed by atoms with Crippen LogP contribution in [-0.4, -0.2) is 101 Å². The summed E-state index contributed by atoms with van der Waals surface area (Å²) in [4.78, 5) is 104. The Hall–Kier alpha value is -6.39. The number of aliphatic carboxylic acids is 1. The summed E-state index contributed by atoms with van der Waals surface area (Å²) in [6.07, 6.45) is 5.72. The summed E-state index contributed by atoms with van der Waals surface area (Å²) in [6, 6.07) is 3.93. The molecule has 0 bridgehead atoms. The Balaban J connectivity index is 0.000000800. The Morgan fingerprint density at radius 2 is 1.67 bits per heavy atom. The number of hydrogen-bond donors (Lipinski definition) is 2. The third kappa shape index (κ3) is 12.8. The van der Waals surface area contributed by atoms with E-state index in [9.17, 15) is 59.4 Å². The van der Waals surface area contributed by atoms with Crippen LogP contribution in [0.5, 0.6) is 11.5 Å². The number of aliphatic hydroxyl groups is 1. The molecule has 23 nitrogen and oxygen atoms in total. The third-order valence-corrected chi connectivity index (χ3v) is 12.6. The first-order valence-electron chi connectivity index (χ1n) is 20.6. The molecule has 2 N–H and O–H groups in total. The van der Waals surface area contributed by atoms with Gasteiger partial charge in [0.25, 0.3) is 15.3 Å². The molecule has 0 aromatic heterocycles. The van der Waals surface area contributed by atoms with Gasteiger partial charge in [0.15, 0.2) is 29.7 Å². The molecule has 0 saturated heterocycles. The van der Waals surface area contributed by atoms with Gasteiger partial charge in [0.2, 0.25) is 0 Å². The lowest BCUT2D eigenvalue weighted by atomic mass is 9.46. The van der Waals surface area contributed by atoms with Gasteiger partial charge in [-0.3, -0.25) is 14.4 Å². The van der Waals surface area contributed by atoms with Gasteiger partial charge in [0.05, 0.1) is 32.0 Å². The molecule has 4 aliphatic rings. The SMILES string of the molecule is COc1cc(C(=O)OCCCCC(CO[N+](=O)[O-])O[N+](=O)[O-])ccc1OC(=O)OCC(=O)C1[C@H](C)CC2C3CCC4=CC(=O)C=CC4(C)C3C(O)CC21C.O=C(O)CCCO[N+](=O)[O-]. The molecule has 0 heterocycles. The van der Waals surface area contributed by atoms with Crippen LogP contribution in [0.3, 0.4) is 0 Å². The van der Waals surface area contributed by atoms with Gasteiger partial charge in [-0.2, -0.15) is 0 Å². The molecule has 23 heteroatoms. The highest BCUT2D eigenvalue weighted by Gasteiger charge is 2.64. The fourth-order valence-corrected chi connectivity index (χ4v) is 10.1. The number of unbranched alkanes of at least 4 members (excludes halogenated alkanes) is 1. The molecule has 0 spiro atoms. The molecule has 3 saturated carbocycles. The van der Waals surface area contributed by atoms with E-state index in [4.69, 9.17) is 24.1 Å². The number of allylic oxidation sites excluding steroid dienone is 4. The van der Waals surface area contributed by atoms with Gasteiger partial charge in [0.1, 0.15) is 12.7 Å². The van der Waals surface area contributed by atoms with Crippen molar-refractivity contribution in [3.05, 3.63) is 77.9 Å². The summed E-state index contributed by atoms with van der Waals surface area (Å²) < 4.78 is 21.1. The minimum atomic E-state index is -1.17. The van der Waals surface area contributed by atoms with E-state index in [2.05, 4.69) is 28.4 Å². The highest BCUT2D eigenvalue weighted by molar-refractivity contribution is 6.01. The number of ether oxygens (including phenoxy) is 4. The molecule has 4 aliphatic carbocycles. The second-order valence-electron chi connectivity index (χ2n) is 16.6. The molecule has 8 unspecified atom stereocenters. The number of aliphatic hydroxyl groups excluding tert-OH is 1. The molecule has 9 atom stereocenters. The number of carboxylic acid groups (broad SMARTS) is 1. The number of Topliss-reactive ketones (excluding diaryl/α,β-unsaturated/α-hetero) is 1. The lowest BCUT2D eigenvalue weighted by Crippen LogP contribution is -2.56. The molecular formula is C41H53N3O20. The van der Waals surface area contributed by atoms with E-state index in [1.165, 1.54) is 25.3 Å². The molecule has 0 amide bonds. The van der Waals surface area contributed by atoms with Crippen LogP contribution in [0.2, 0.25) is 0 Å². The van der Waals surface area contributed by atoms with Crippen molar-refractivity contribution in [1.82, 2.24) is 0 Å². The average Bonchev–Trinajstić information content (AvgIpc) is 3.49. The molecule has 64 heavy (non-hydrogen) atoms. The summed E-state index contributed by atoms with van der Waals surface area (Å²) in [5.41, 5.74) is 0.204. The van der Waals surface area contributed by atoms with Crippen molar-refractivity contribution in [1.29, 1.82) is 0 Å². The van der Waals surface area contributed by atoms with Crippen LogP contribution in [0.15, 0.2) is 42.0 Å². The summed E-state index contributed by atoms with van der Waals surface area (Å²) in [5, 5.41) is 47.1. The minimum Gasteiger partial charge on any atom is -0.493 e. The second kappa shape index (κ2) is 22.3. The van der Waals surface area contributed by atoms with Gasteiger partial charge >= 0.3 is 18.1 Å². The van der Waals surface area contributed by atoms with E-state index in [1.807, 2.05) is 13.0 Å². The van der Waals surface area contributed by atoms with Crippen LogP contribution in [0.4, 0.5) is 4.79 Å². The number of ketones is 2. The molecule has 5 rings (SSSR count). The van der Waals surface area contributed by atoms with Crippen LogP contribution < -0.4 is 9.47 Å². The monoisotopic (exact) mass is 907 g/mol. The number of fused-ring (bicyclic) bond motifs is 5. The molecule has 352 valence electrons. The number of carbonyl (C=O) groups excluding carboxylic acids is 4. The van der Waals surface area contributed by atoms with E-state index in [1.54, 1.807) is 12.2 Å². The van der Waals surface area contributed by atoms with Crippen molar-refractivity contribution in [3.8, 4) is 11.5 Å². The van der Waals surface area contributed by atoms with Crippen molar-refractivity contribution < 1.29 is 82.9 Å². The summed E-state index contributed by atoms with van der Waals surface area (Å²) in [6.45, 7) is 4.82. The van der Waals surface area contributed by atoms with Gasteiger partial charge in [-0.15, -0.1) is 30.3 Å². The molecule has 1 aromatic rings. The van der Waals surface area contributed by atoms with E-state index in [0.717, 1.165) is 24.8 Å². The standard InChI is InChI=1S/C37H46N2O15.C4H7NO5/c1-21-15-27-26-10-9-23-17-24(40)12-13-36(23,2)33(26)28(41)18-37(27,3)32(21)29(42)20-51-35(44)53-30-11-8-22(16-31(30)49-4)34(43)50-14-6-5-7-25(54-39(47)48)19-52-38(45)46;6-4(7)2-1-3-10-5(8)9/h8,11-13,16-17,21,25-28,32-33,41H,5-7,9-10,14-15,18-20H2,1-4H3;1-3H2,(H,6,7)/t21-,25?,26?,27?,28?,32?,33?,36?,37?;/m1./s1. The van der Waals surface area contributed by atoms with Crippen molar-refractivity contribution in [2.75, 3.05) is 33.5 Å². The molecule has 0 radical (unpaired) electrons. The maximum Gasteiger partial charge on any atom is 0.514 e. The zero-order chi connectivity index (χ0) is 47.4. The van der Waals surface area contributed by atoms with E-state index in [0.29, 0.717) is 6.42 Å². The molecule has 3 fully saturated rings. The fraction of sp³-hybridized carbons (Fsp3) is 0.634. The summed E-state index contributed by atoms with van der Waals surface area (Å²) in [7, 11) is 1.30. The largest absolute Gasteiger partial charge is 0.514 e. The first-order valence-corrected chi connectivity index (χ1v) is 20.6. The highest BCUT2D eigenvalue weighted by atomic mass is 17.0. The van der Waals surface area contributed by atoms with Crippen LogP contribution in [0, 0.1) is 70.8 Å². The number of nitrogens with zero attached hydrogens (tertiary/aromatic N) is 3. The van der Waals surface area contributed by atoms with E-state index >= 15 is 0 Å². The molecule has 1 aromatic carbocycles. The van der Waals surface area contributed by atoms with Crippen molar-refractivity contribution >= 4 is 29.7 Å². The normalized spacial score (nSPS) is 26.7. The van der Waals surface area contributed by atoms with E-state index in [-0.39, 0.29) is 97.6 Å². The lowest BCUT2D eigenvalue weighted by molar-refractivity contribution is -0.790. The van der Waals surface area contributed by atoms with Gasteiger partial charge in [0, 0.05) is 23.7 Å². The summed E-state index contributed by atoms with van der Waals surface area (Å²) >= 11 is 0. The number of methoxy groups -OCH3 is 1. The quantitative estimate of drug-likeness (QED) is 0.0533. The smallest absolute Gasteiger partial charge is 0.493 e. The number of carbonyl (C=O) groups is 5. The highest BCUT2D eigenvalue weighted by Crippen LogP contribution is 2.67. The van der Waals surface area contributed by atoms with Gasteiger partial charge in [-0.05, 0) is 105 Å². The average molecular weight is 908 g/mol. The van der Waals surface area contributed by atoms with Gasteiger partial charge < -0.3 is 43.7 Å². The predicted molar refractivity (Wildman–Crippen MR) is 215 cm³/mol. The number of carboxylic acids is 1.